The van der Waals surface area contributed by atoms with Crippen molar-refractivity contribution in [3.63, 3.8) is 0 Å². The van der Waals surface area contributed by atoms with E-state index in [9.17, 15) is 28.7 Å². The van der Waals surface area contributed by atoms with Crippen LogP contribution in [0, 0.1) is 11.8 Å². The molecule has 15 nitrogen and oxygen atoms in total. The molecule has 292 valence electrons. The second kappa shape index (κ2) is 20.3. The summed E-state index contributed by atoms with van der Waals surface area (Å²) in [6.07, 6.45) is 11.1. The molecule has 54 heavy (non-hydrogen) atoms. The molecule has 2 bridgehead atoms. The SMILES string of the molecule is C/C=C(\C=NC)c1cn(CCNC(=O)C[C@@H]2/C=C/C(=O)NC/C=C/C(C)=C/[C@@H](O)C[C@@H](F)Cc3nc(co3)C(=O)N3CCC[C@@H]3C(=O)O[C@@H]2C(C)C)nn1. The third-order valence-electron chi connectivity index (χ3n) is 9.00. The molecule has 0 spiro atoms. The zero-order chi connectivity index (χ0) is 39.2. The largest absolute Gasteiger partial charge is 0.460 e. The minimum absolute atomic E-state index is 0.00495. The number of cyclic esters (lactones) is 1. The van der Waals surface area contributed by atoms with Gasteiger partial charge in [0.05, 0.1) is 25.3 Å². The van der Waals surface area contributed by atoms with Crippen LogP contribution in [0.3, 0.4) is 0 Å². The first-order valence-electron chi connectivity index (χ1n) is 18.2. The molecule has 0 aromatic carbocycles. The van der Waals surface area contributed by atoms with E-state index >= 15 is 0 Å². The summed E-state index contributed by atoms with van der Waals surface area (Å²) in [4.78, 5) is 63.0. The van der Waals surface area contributed by atoms with Crippen molar-refractivity contribution in [2.24, 2.45) is 16.8 Å². The van der Waals surface area contributed by atoms with Gasteiger partial charge >= 0.3 is 5.97 Å². The molecule has 0 unspecified atom stereocenters. The molecule has 0 radical (unpaired) electrons. The van der Waals surface area contributed by atoms with Gasteiger partial charge in [0.15, 0.2) is 11.6 Å². The number of esters is 1. The van der Waals surface area contributed by atoms with Crippen molar-refractivity contribution < 1.29 is 37.8 Å². The van der Waals surface area contributed by atoms with E-state index in [0.717, 1.165) is 11.8 Å². The fourth-order valence-electron chi connectivity index (χ4n) is 6.33. The van der Waals surface area contributed by atoms with Crippen molar-refractivity contribution in [2.75, 3.05) is 26.7 Å². The van der Waals surface area contributed by atoms with E-state index in [1.807, 2.05) is 26.8 Å². The summed E-state index contributed by atoms with van der Waals surface area (Å²) in [5, 5.41) is 24.3. The number of allylic oxidation sites excluding steroid dienone is 4. The van der Waals surface area contributed by atoms with E-state index in [2.05, 4.69) is 30.9 Å². The first-order chi connectivity index (χ1) is 25.9. The number of ether oxygens (including phenoxy) is 1. The fraction of sp³-hybridized carbons (Fsp3) is 0.526. The third kappa shape index (κ3) is 12.1. The van der Waals surface area contributed by atoms with Crippen molar-refractivity contribution in [3.05, 3.63) is 71.8 Å². The van der Waals surface area contributed by atoms with Crippen LogP contribution in [-0.4, -0.2) is 111 Å². The second-order valence-corrected chi connectivity index (χ2v) is 13.7. The quantitative estimate of drug-likeness (QED) is 0.267. The smallest absolute Gasteiger partial charge is 0.329 e. The van der Waals surface area contributed by atoms with Gasteiger partial charge in [0.25, 0.3) is 5.91 Å². The highest BCUT2D eigenvalue weighted by atomic mass is 19.1. The molecule has 2 aliphatic heterocycles. The molecule has 2 aliphatic rings. The molecule has 2 aromatic rings. The summed E-state index contributed by atoms with van der Waals surface area (Å²) >= 11 is 0. The summed E-state index contributed by atoms with van der Waals surface area (Å²) < 4.78 is 27.9. The number of alkyl halides is 1. The lowest BCUT2D eigenvalue weighted by Gasteiger charge is -2.30. The average Bonchev–Trinajstić information content (AvgIpc) is 3.91. The van der Waals surface area contributed by atoms with Gasteiger partial charge in [-0.2, -0.15) is 0 Å². The zero-order valence-corrected chi connectivity index (χ0v) is 31.5. The van der Waals surface area contributed by atoms with Crippen molar-refractivity contribution in [1.29, 1.82) is 0 Å². The predicted molar refractivity (Wildman–Crippen MR) is 199 cm³/mol. The highest BCUT2D eigenvalue weighted by Crippen LogP contribution is 2.27. The van der Waals surface area contributed by atoms with Crippen molar-refractivity contribution in [1.82, 2.24) is 35.5 Å². The van der Waals surface area contributed by atoms with Crippen LogP contribution < -0.4 is 10.6 Å². The number of halogens is 1. The van der Waals surface area contributed by atoms with Gasteiger partial charge in [-0.15, -0.1) is 5.10 Å². The van der Waals surface area contributed by atoms with Crippen LogP contribution in [-0.2, 0) is 32.1 Å². The molecule has 5 atom stereocenters. The Morgan fingerprint density at radius 2 is 2.06 bits per heavy atom. The number of aliphatic hydroxyl groups excluding tert-OH is 1. The molecule has 0 saturated carbocycles. The molecule has 3 N–H and O–H groups in total. The van der Waals surface area contributed by atoms with Gasteiger partial charge in [0.2, 0.25) is 11.8 Å². The Hall–Kier alpha value is -5.25. The number of hydrogen-bond donors (Lipinski definition) is 3. The van der Waals surface area contributed by atoms with Gasteiger partial charge in [0, 0.05) is 57.2 Å². The minimum Gasteiger partial charge on any atom is -0.460 e. The van der Waals surface area contributed by atoms with Crippen LogP contribution >= 0.6 is 0 Å². The number of nitrogens with zero attached hydrogens (tertiary/aromatic N) is 6. The van der Waals surface area contributed by atoms with Crippen molar-refractivity contribution >= 4 is 35.5 Å². The number of amides is 3. The predicted octanol–water partition coefficient (Wildman–Crippen LogP) is 3.19. The molecule has 0 aliphatic carbocycles. The lowest BCUT2D eigenvalue weighted by atomic mass is 9.89. The highest BCUT2D eigenvalue weighted by molar-refractivity contribution is 6.08. The average molecular weight is 751 g/mol. The number of rotatable bonds is 8. The molecule has 2 aromatic heterocycles. The fourth-order valence-corrected chi connectivity index (χ4v) is 6.33. The highest BCUT2D eigenvalue weighted by Gasteiger charge is 2.39. The van der Waals surface area contributed by atoms with Gasteiger partial charge in [0.1, 0.15) is 30.3 Å². The first kappa shape index (κ1) is 41.5. The number of carbonyl (C=O) groups is 4. The summed E-state index contributed by atoms with van der Waals surface area (Å²) in [6, 6.07) is -0.924. The van der Waals surface area contributed by atoms with Crippen LogP contribution in [0.1, 0.15) is 75.5 Å². The number of hydrogen-bond acceptors (Lipinski definition) is 11. The Balaban J connectivity index is 1.54. The van der Waals surface area contributed by atoms with E-state index in [-0.39, 0.29) is 62.3 Å². The number of oxazole rings is 1. The molecule has 1 fully saturated rings. The van der Waals surface area contributed by atoms with Crippen LogP contribution in [0.5, 0.6) is 0 Å². The number of nitrogens with one attached hydrogen (secondary N) is 2. The topological polar surface area (TPSA) is 194 Å². The van der Waals surface area contributed by atoms with Crippen LogP contribution in [0.15, 0.2) is 63.9 Å². The molecule has 4 heterocycles. The molecule has 4 rings (SSSR count). The maximum absolute atomic E-state index is 14.8. The van der Waals surface area contributed by atoms with E-state index in [0.29, 0.717) is 30.7 Å². The van der Waals surface area contributed by atoms with E-state index < -0.39 is 48.1 Å². The minimum atomic E-state index is -1.50. The van der Waals surface area contributed by atoms with E-state index in [4.69, 9.17) is 9.15 Å². The van der Waals surface area contributed by atoms with Crippen LogP contribution in [0.25, 0.3) is 5.57 Å². The van der Waals surface area contributed by atoms with Crippen LogP contribution in [0.2, 0.25) is 0 Å². The Kier molecular flexibility index (Phi) is 15.6. The Labute approximate surface area is 314 Å². The van der Waals surface area contributed by atoms with Gasteiger partial charge in [-0.25, -0.2) is 14.2 Å². The summed E-state index contributed by atoms with van der Waals surface area (Å²) in [6.45, 7) is 8.32. The summed E-state index contributed by atoms with van der Waals surface area (Å²) in [5.41, 5.74) is 2.05. The molecular formula is C38H51FN8O7. The Morgan fingerprint density at radius 1 is 1.26 bits per heavy atom. The van der Waals surface area contributed by atoms with Gasteiger partial charge < -0.3 is 29.8 Å². The Bertz CT molecular complexity index is 1760. The summed E-state index contributed by atoms with van der Waals surface area (Å²) in [5.74, 6) is -2.96. The number of aliphatic imine (C=N–C) groups is 1. The zero-order valence-electron chi connectivity index (χ0n) is 31.5. The standard InChI is InChI=1S/C38H51FN8O7/c1-6-26(21-40-5)30-22-46(45-44-30)16-14-42-34(50)18-27-11-12-33(49)41-13-7-9-25(4)17-29(48)19-28(39)20-35-43-31(23-53-35)37(51)47-15-8-10-32(47)38(52)54-36(27)24(2)3/h6-7,9,11-12,17,21-24,27-29,32,36,48H,8,10,13-16,18-20H2,1-5H3,(H,41,49)(H,42,50)/b9-7+,12-11+,25-17+,26-6+,40-21?/t27-,28+,29+,32+,36+/m0/s1. The normalized spacial score (nSPS) is 26.2. The maximum Gasteiger partial charge on any atom is 0.329 e. The second-order valence-electron chi connectivity index (χ2n) is 13.7. The lowest BCUT2D eigenvalue weighted by molar-refractivity contribution is -0.159. The third-order valence-corrected chi connectivity index (χ3v) is 9.00. The number of fused-ring (bicyclic) bond motifs is 3. The van der Waals surface area contributed by atoms with Crippen molar-refractivity contribution in [2.45, 2.75) is 90.8 Å². The number of aliphatic hydroxyl groups is 1. The van der Waals surface area contributed by atoms with E-state index in [1.54, 1.807) is 49.3 Å². The van der Waals surface area contributed by atoms with Gasteiger partial charge in [-0.1, -0.05) is 55.0 Å². The first-order valence-corrected chi connectivity index (χ1v) is 18.2. The van der Waals surface area contributed by atoms with Gasteiger partial charge in [-0.05, 0) is 38.7 Å². The molecular weight excluding hydrogens is 699 g/mol. The number of carbonyl (C=O) groups excluding carboxylic acids is 4. The Morgan fingerprint density at radius 3 is 2.80 bits per heavy atom. The molecule has 1 saturated heterocycles. The van der Waals surface area contributed by atoms with Crippen molar-refractivity contribution in [3.8, 4) is 0 Å². The monoisotopic (exact) mass is 750 g/mol. The van der Waals surface area contributed by atoms with Crippen LogP contribution in [0.4, 0.5) is 4.39 Å². The summed E-state index contributed by atoms with van der Waals surface area (Å²) in [7, 11) is 1.67. The maximum atomic E-state index is 14.8. The lowest BCUT2D eigenvalue weighted by Crippen LogP contribution is -2.44. The van der Waals surface area contributed by atoms with Gasteiger partial charge in [-0.3, -0.25) is 24.1 Å². The number of aromatic nitrogens is 4. The molecule has 3 amide bonds. The van der Waals surface area contributed by atoms with E-state index in [1.165, 1.54) is 17.1 Å². The molecule has 16 heteroatoms.